The predicted octanol–water partition coefficient (Wildman–Crippen LogP) is 4.53. The Labute approximate surface area is 172 Å². The van der Waals surface area contributed by atoms with Crippen molar-refractivity contribution in [1.29, 1.82) is 0 Å². The molecule has 0 unspecified atom stereocenters. The minimum atomic E-state index is -0.216. The molecule has 0 N–H and O–H groups in total. The quantitative estimate of drug-likeness (QED) is 0.683. The first-order valence-electron chi connectivity index (χ1n) is 10.9. The highest BCUT2D eigenvalue weighted by Gasteiger charge is 2.72. The molecule has 3 saturated carbocycles. The van der Waals surface area contributed by atoms with Crippen molar-refractivity contribution in [2.24, 2.45) is 0 Å². The molecule has 1 aromatic heterocycles. The molecule has 0 atom stereocenters. The van der Waals surface area contributed by atoms with Crippen molar-refractivity contribution >= 4 is 11.8 Å². The molecule has 2 aromatic rings. The number of aryl methyl sites for hydroxylation is 1. The fourth-order valence-corrected chi connectivity index (χ4v) is 5.90. The number of carbonyl (C=O) groups excluding carboxylic acids is 2. The number of carbonyl (C=O) groups is 2. The first-order valence-corrected chi connectivity index (χ1v) is 10.9. The van der Waals surface area contributed by atoms with Gasteiger partial charge in [-0.25, -0.2) is 0 Å². The summed E-state index contributed by atoms with van der Waals surface area (Å²) in [6.07, 6.45) is 10.8. The second-order valence-electron chi connectivity index (χ2n) is 9.34. The molecule has 4 fully saturated rings. The van der Waals surface area contributed by atoms with Gasteiger partial charge in [0.25, 0.3) is 0 Å². The van der Waals surface area contributed by atoms with Gasteiger partial charge in [-0.2, -0.15) is 0 Å². The van der Waals surface area contributed by atoms with Gasteiger partial charge in [0.05, 0.1) is 5.54 Å². The molecule has 1 saturated heterocycles. The van der Waals surface area contributed by atoms with E-state index >= 15 is 0 Å². The summed E-state index contributed by atoms with van der Waals surface area (Å²) in [6, 6.07) is 12.7. The Kier molecular flexibility index (Phi) is 4.34. The molecular formula is C25H28N2O2. The molecule has 4 nitrogen and oxygen atoms in total. The van der Waals surface area contributed by atoms with Crippen LogP contribution in [0.2, 0.25) is 0 Å². The Morgan fingerprint density at radius 3 is 2.17 bits per heavy atom. The minimum Gasteiger partial charge on any atom is -0.276 e. The highest BCUT2D eigenvalue weighted by molar-refractivity contribution is 6.00. The van der Waals surface area contributed by atoms with Crippen LogP contribution in [0.15, 0.2) is 48.8 Å². The van der Waals surface area contributed by atoms with Crippen molar-refractivity contribution < 1.29 is 9.59 Å². The predicted molar refractivity (Wildman–Crippen MR) is 111 cm³/mol. The minimum absolute atomic E-state index is 0.0179. The largest absolute Gasteiger partial charge is 0.276 e. The van der Waals surface area contributed by atoms with Crippen molar-refractivity contribution in [3.63, 3.8) is 0 Å². The molecular weight excluding hydrogens is 360 g/mol. The lowest BCUT2D eigenvalue weighted by atomic mass is 9.36. The number of aromatic nitrogens is 1. The summed E-state index contributed by atoms with van der Waals surface area (Å²) in [5.41, 5.74) is 3.70. The van der Waals surface area contributed by atoms with Crippen LogP contribution in [0.1, 0.15) is 74.5 Å². The van der Waals surface area contributed by atoms with Gasteiger partial charge in [-0.3, -0.25) is 19.5 Å². The molecule has 2 bridgehead atoms. The Morgan fingerprint density at radius 1 is 0.966 bits per heavy atom. The lowest BCUT2D eigenvalue weighted by molar-refractivity contribution is -0.195. The van der Waals surface area contributed by atoms with Crippen molar-refractivity contribution in [3.05, 3.63) is 65.5 Å². The molecule has 4 aliphatic rings. The Balaban J connectivity index is 1.25. The van der Waals surface area contributed by atoms with Gasteiger partial charge in [0, 0.05) is 36.6 Å². The number of nitrogens with zero attached hydrogens (tertiary/aromatic N) is 2. The number of imide groups is 1. The first kappa shape index (κ1) is 18.5. The number of piperidine rings is 1. The van der Waals surface area contributed by atoms with Crippen LogP contribution in [-0.2, 0) is 21.4 Å². The molecule has 3 aliphatic carbocycles. The third kappa shape index (κ3) is 2.92. The van der Waals surface area contributed by atoms with E-state index in [9.17, 15) is 9.59 Å². The summed E-state index contributed by atoms with van der Waals surface area (Å²) in [4.78, 5) is 31.7. The third-order valence-electron chi connectivity index (χ3n) is 7.38. The molecule has 2 heterocycles. The highest BCUT2D eigenvalue weighted by Crippen LogP contribution is 2.70. The lowest BCUT2D eigenvalue weighted by Crippen LogP contribution is -2.78. The monoisotopic (exact) mass is 388 g/mol. The molecule has 150 valence electrons. The average molecular weight is 389 g/mol. The van der Waals surface area contributed by atoms with Crippen LogP contribution in [0.25, 0.3) is 0 Å². The zero-order chi connectivity index (χ0) is 20.1. The number of benzene rings is 1. The smallest absolute Gasteiger partial charge is 0.230 e. The average Bonchev–Trinajstić information content (AvgIpc) is 2.67. The maximum atomic E-state index is 13.0. The molecule has 1 aliphatic heterocycles. The van der Waals surface area contributed by atoms with Gasteiger partial charge in [-0.15, -0.1) is 0 Å². The molecule has 1 aromatic carbocycles. The van der Waals surface area contributed by atoms with E-state index in [1.165, 1.54) is 24.0 Å². The summed E-state index contributed by atoms with van der Waals surface area (Å²) in [6.45, 7) is 2.20. The van der Waals surface area contributed by atoms with Crippen LogP contribution >= 0.6 is 0 Å². The Bertz CT molecular complexity index is 897. The van der Waals surface area contributed by atoms with Gasteiger partial charge < -0.3 is 0 Å². The maximum Gasteiger partial charge on any atom is 0.230 e. The molecule has 4 heteroatoms. The van der Waals surface area contributed by atoms with Crippen LogP contribution in [0.4, 0.5) is 0 Å². The highest BCUT2D eigenvalue weighted by atomic mass is 16.2. The number of hydrogen-bond acceptors (Lipinski definition) is 3. The van der Waals surface area contributed by atoms with Crippen molar-refractivity contribution in [2.45, 2.75) is 75.2 Å². The number of amides is 2. The van der Waals surface area contributed by atoms with Gasteiger partial charge in [-0.1, -0.05) is 37.6 Å². The first-order chi connectivity index (χ1) is 14.1. The molecule has 29 heavy (non-hydrogen) atoms. The summed E-state index contributed by atoms with van der Waals surface area (Å²) in [5.74, 6) is 0.0571. The number of rotatable bonds is 6. The summed E-state index contributed by atoms with van der Waals surface area (Å²) in [7, 11) is 0. The second-order valence-corrected chi connectivity index (χ2v) is 9.34. The van der Waals surface area contributed by atoms with Crippen molar-refractivity contribution in [1.82, 2.24) is 9.88 Å². The van der Waals surface area contributed by atoms with Crippen LogP contribution in [-0.4, -0.2) is 27.2 Å². The second kappa shape index (κ2) is 6.79. The molecule has 6 rings (SSSR count). The fourth-order valence-electron chi connectivity index (χ4n) is 5.90. The van der Waals surface area contributed by atoms with E-state index in [0.29, 0.717) is 12.8 Å². The fraction of sp³-hybridized carbons (Fsp3) is 0.480. The van der Waals surface area contributed by atoms with Crippen LogP contribution in [0.3, 0.4) is 0 Å². The SMILES string of the molecule is CCCCc1ccc(C2CC(=O)N(C34CC(c5ccncc5)(C3)C4)C(=O)C2)cc1. The van der Waals surface area contributed by atoms with Gasteiger partial charge in [0.15, 0.2) is 0 Å². The summed E-state index contributed by atoms with van der Waals surface area (Å²) < 4.78 is 0. The molecule has 0 spiro atoms. The zero-order valence-electron chi connectivity index (χ0n) is 17.1. The number of pyridine rings is 1. The van der Waals surface area contributed by atoms with E-state index in [4.69, 9.17) is 0 Å². The van der Waals surface area contributed by atoms with Crippen molar-refractivity contribution in [3.8, 4) is 0 Å². The topological polar surface area (TPSA) is 50.3 Å². The Hall–Kier alpha value is -2.49. The van der Waals surface area contributed by atoms with Crippen LogP contribution in [0.5, 0.6) is 0 Å². The van der Waals surface area contributed by atoms with E-state index in [1.54, 1.807) is 4.90 Å². The van der Waals surface area contributed by atoms with E-state index < -0.39 is 0 Å². The lowest BCUT2D eigenvalue weighted by Gasteiger charge is -2.73. The standard InChI is InChI=1S/C25H28N2O2/c1-2-3-4-18-5-7-19(8-6-18)20-13-22(28)27(23(29)14-20)25-15-24(16-25,17-25)21-9-11-26-12-10-21/h5-12,20H,2-4,13-17H2,1H3. The number of likely N-dealkylation sites (tertiary alicyclic amines) is 1. The van der Waals surface area contributed by atoms with Gasteiger partial charge in [-0.05, 0) is 60.9 Å². The summed E-state index contributed by atoms with van der Waals surface area (Å²) in [5, 5.41) is 0. The van der Waals surface area contributed by atoms with Gasteiger partial charge >= 0.3 is 0 Å². The van der Waals surface area contributed by atoms with E-state index in [2.05, 4.69) is 48.3 Å². The molecule has 0 radical (unpaired) electrons. The van der Waals surface area contributed by atoms with E-state index in [1.807, 2.05) is 12.4 Å². The zero-order valence-corrected chi connectivity index (χ0v) is 17.1. The normalized spacial score (nSPS) is 28.8. The third-order valence-corrected chi connectivity index (χ3v) is 7.38. The van der Waals surface area contributed by atoms with E-state index in [0.717, 1.165) is 31.2 Å². The Morgan fingerprint density at radius 2 is 1.59 bits per heavy atom. The van der Waals surface area contributed by atoms with E-state index in [-0.39, 0.29) is 28.7 Å². The van der Waals surface area contributed by atoms with Crippen LogP contribution < -0.4 is 0 Å². The molecule has 2 amide bonds. The number of unbranched alkanes of at least 4 members (excludes halogenated alkanes) is 1. The van der Waals surface area contributed by atoms with Crippen LogP contribution in [0, 0.1) is 0 Å². The van der Waals surface area contributed by atoms with Gasteiger partial charge in [0.1, 0.15) is 0 Å². The summed E-state index contributed by atoms with van der Waals surface area (Å²) >= 11 is 0. The number of hydrogen-bond donors (Lipinski definition) is 0. The van der Waals surface area contributed by atoms with Crippen molar-refractivity contribution in [2.75, 3.05) is 0 Å². The maximum absolute atomic E-state index is 13.0. The van der Waals surface area contributed by atoms with Gasteiger partial charge in [0.2, 0.25) is 11.8 Å².